The van der Waals surface area contributed by atoms with Crippen LogP contribution in [0.1, 0.15) is 40.5 Å². The number of amides is 2. The molecule has 1 aromatic heterocycles. The van der Waals surface area contributed by atoms with E-state index in [0.29, 0.717) is 30.8 Å². The molecule has 0 aliphatic carbocycles. The number of nitrogens with zero attached hydrogens (tertiary/aromatic N) is 3. The van der Waals surface area contributed by atoms with Crippen LogP contribution in [0, 0.1) is 0 Å². The summed E-state index contributed by atoms with van der Waals surface area (Å²) < 4.78 is 7.32. The molecular weight excluding hydrogens is 392 g/mol. The van der Waals surface area contributed by atoms with Crippen molar-refractivity contribution in [2.75, 3.05) is 19.7 Å². The molecule has 2 heterocycles. The number of rotatable bonds is 6. The lowest BCUT2D eigenvalue weighted by atomic mass is 10.0. The van der Waals surface area contributed by atoms with Crippen molar-refractivity contribution < 1.29 is 14.3 Å². The van der Waals surface area contributed by atoms with E-state index in [0.717, 1.165) is 24.3 Å². The second kappa shape index (κ2) is 9.47. The highest BCUT2D eigenvalue weighted by atomic mass is 16.5. The lowest BCUT2D eigenvalue weighted by molar-refractivity contribution is 0.0698. The molecule has 2 aromatic carbocycles. The van der Waals surface area contributed by atoms with E-state index in [-0.39, 0.29) is 17.9 Å². The van der Waals surface area contributed by atoms with Crippen LogP contribution in [-0.2, 0) is 0 Å². The molecule has 0 atom stereocenters. The summed E-state index contributed by atoms with van der Waals surface area (Å²) in [5, 5.41) is 3.10. The Bertz CT molecular complexity index is 1010. The Labute approximate surface area is 181 Å². The minimum absolute atomic E-state index is 0.0166. The monoisotopic (exact) mass is 418 g/mol. The first-order valence-electron chi connectivity index (χ1n) is 10.6. The number of aromatic nitrogens is 2. The summed E-state index contributed by atoms with van der Waals surface area (Å²) in [7, 11) is 0. The largest absolute Gasteiger partial charge is 0.494 e. The van der Waals surface area contributed by atoms with Gasteiger partial charge in [0, 0.05) is 48.3 Å². The van der Waals surface area contributed by atoms with E-state index in [1.807, 2.05) is 59.0 Å². The van der Waals surface area contributed by atoms with Gasteiger partial charge < -0.3 is 19.5 Å². The van der Waals surface area contributed by atoms with Crippen molar-refractivity contribution in [2.45, 2.75) is 25.8 Å². The molecule has 7 heteroatoms. The lowest BCUT2D eigenvalue weighted by Crippen LogP contribution is -2.46. The fourth-order valence-electron chi connectivity index (χ4n) is 3.74. The molecule has 160 valence electrons. The maximum Gasteiger partial charge on any atom is 0.253 e. The number of hydrogen-bond acceptors (Lipinski definition) is 4. The van der Waals surface area contributed by atoms with E-state index in [1.165, 1.54) is 0 Å². The SMILES string of the molecule is CCOc1ccc(C(=O)N2CCC(NC(=O)c3ccc(-n4ccnc4)cc3)CC2)cc1. The van der Waals surface area contributed by atoms with Gasteiger partial charge in [-0.05, 0) is 68.3 Å². The Morgan fingerprint density at radius 1 is 1.03 bits per heavy atom. The number of benzene rings is 2. The van der Waals surface area contributed by atoms with Crippen molar-refractivity contribution in [1.29, 1.82) is 0 Å². The van der Waals surface area contributed by atoms with Gasteiger partial charge in [-0.15, -0.1) is 0 Å². The lowest BCUT2D eigenvalue weighted by Gasteiger charge is -2.32. The molecule has 1 aliphatic heterocycles. The van der Waals surface area contributed by atoms with E-state index in [9.17, 15) is 9.59 Å². The molecule has 4 rings (SSSR count). The number of carbonyl (C=O) groups excluding carboxylic acids is 2. The molecular formula is C24H26N4O3. The fraction of sp³-hybridized carbons (Fsp3) is 0.292. The van der Waals surface area contributed by atoms with E-state index in [4.69, 9.17) is 4.74 Å². The quantitative estimate of drug-likeness (QED) is 0.666. The Kier molecular flexibility index (Phi) is 6.31. The minimum Gasteiger partial charge on any atom is -0.494 e. The average Bonchev–Trinajstić information content (AvgIpc) is 3.35. The van der Waals surface area contributed by atoms with Crippen molar-refractivity contribution in [3.05, 3.63) is 78.4 Å². The van der Waals surface area contributed by atoms with Crippen molar-refractivity contribution in [3.8, 4) is 11.4 Å². The van der Waals surface area contributed by atoms with Crippen LogP contribution < -0.4 is 10.1 Å². The van der Waals surface area contributed by atoms with Crippen LogP contribution in [0.3, 0.4) is 0 Å². The third-order valence-corrected chi connectivity index (χ3v) is 5.46. The Hall–Kier alpha value is -3.61. The number of piperidine rings is 1. The second-order valence-electron chi connectivity index (χ2n) is 7.51. The maximum atomic E-state index is 12.7. The maximum absolute atomic E-state index is 12.7. The third-order valence-electron chi connectivity index (χ3n) is 5.46. The highest BCUT2D eigenvalue weighted by molar-refractivity contribution is 5.95. The Morgan fingerprint density at radius 2 is 1.71 bits per heavy atom. The molecule has 0 unspecified atom stereocenters. The first-order valence-corrected chi connectivity index (χ1v) is 10.6. The molecule has 3 aromatic rings. The molecule has 1 aliphatic rings. The van der Waals surface area contributed by atoms with Crippen LogP contribution in [0.15, 0.2) is 67.3 Å². The van der Waals surface area contributed by atoms with E-state index in [1.54, 1.807) is 24.7 Å². The molecule has 1 saturated heterocycles. The number of ether oxygens (including phenoxy) is 1. The zero-order valence-electron chi connectivity index (χ0n) is 17.5. The van der Waals surface area contributed by atoms with Crippen LogP contribution >= 0.6 is 0 Å². The van der Waals surface area contributed by atoms with Gasteiger partial charge in [0.05, 0.1) is 12.9 Å². The van der Waals surface area contributed by atoms with Gasteiger partial charge in [0.25, 0.3) is 11.8 Å². The molecule has 0 radical (unpaired) electrons. The smallest absolute Gasteiger partial charge is 0.253 e. The van der Waals surface area contributed by atoms with Crippen molar-refractivity contribution in [2.24, 2.45) is 0 Å². The summed E-state index contributed by atoms with van der Waals surface area (Å²) in [6.45, 7) is 3.77. The van der Waals surface area contributed by atoms with Crippen LogP contribution in [-0.4, -0.2) is 52.0 Å². The summed E-state index contributed by atoms with van der Waals surface area (Å²) >= 11 is 0. The van der Waals surface area contributed by atoms with Gasteiger partial charge in [0.15, 0.2) is 0 Å². The summed E-state index contributed by atoms with van der Waals surface area (Å²) in [6, 6.07) is 14.7. The van der Waals surface area contributed by atoms with Crippen molar-refractivity contribution in [1.82, 2.24) is 19.8 Å². The minimum atomic E-state index is -0.0894. The zero-order valence-corrected chi connectivity index (χ0v) is 17.5. The highest BCUT2D eigenvalue weighted by Crippen LogP contribution is 2.18. The molecule has 2 amide bonds. The Balaban J connectivity index is 1.28. The number of carbonyl (C=O) groups is 2. The number of likely N-dealkylation sites (tertiary alicyclic amines) is 1. The first-order chi connectivity index (χ1) is 15.1. The molecule has 1 N–H and O–H groups in total. The van der Waals surface area contributed by atoms with E-state index >= 15 is 0 Å². The topological polar surface area (TPSA) is 76.5 Å². The summed E-state index contributed by atoms with van der Waals surface area (Å²) in [6.07, 6.45) is 6.77. The number of nitrogens with one attached hydrogen (secondary N) is 1. The van der Waals surface area contributed by atoms with Crippen LogP contribution in [0.4, 0.5) is 0 Å². The Morgan fingerprint density at radius 3 is 2.32 bits per heavy atom. The zero-order chi connectivity index (χ0) is 21.6. The van der Waals surface area contributed by atoms with Crippen LogP contribution in [0.2, 0.25) is 0 Å². The highest BCUT2D eigenvalue weighted by Gasteiger charge is 2.25. The molecule has 31 heavy (non-hydrogen) atoms. The summed E-state index contributed by atoms with van der Waals surface area (Å²) in [5.41, 5.74) is 2.23. The van der Waals surface area contributed by atoms with E-state index < -0.39 is 0 Å². The second-order valence-corrected chi connectivity index (χ2v) is 7.51. The standard InChI is InChI=1S/C24H26N4O3/c1-2-31-22-9-5-19(6-10-22)24(30)27-14-11-20(12-15-27)26-23(29)18-3-7-21(8-4-18)28-16-13-25-17-28/h3-10,13,16-17,20H,2,11-12,14-15H2,1H3,(H,26,29). The van der Waals surface area contributed by atoms with Crippen molar-refractivity contribution in [3.63, 3.8) is 0 Å². The predicted octanol–water partition coefficient (Wildman–Crippen LogP) is 3.31. The van der Waals surface area contributed by atoms with Gasteiger partial charge >= 0.3 is 0 Å². The summed E-state index contributed by atoms with van der Waals surface area (Å²) in [5.74, 6) is 0.690. The van der Waals surface area contributed by atoms with Gasteiger partial charge in [-0.1, -0.05) is 0 Å². The predicted molar refractivity (Wildman–Crippen MR) is 118 cm³/mol. The van der Waals surface area contributed by atoms with Crippen LogP contribution in [0.25, 0.3) is 5.69 Å². The van der Waals surface area contributed by atoms with Gasteiger partial charge in [-0.3, -0.25) is 9.59 Å². The van der Waals surface area contributed by atoms with E-state index in [2.05, 4.69) is 10.3 Å². The van der Waals surface area contributed by atoms with Gasteiger partial charge in [-0.2, -0.15) is 0 Å². The molecule has 1 fully saturated rings. The van der Waals surface area contributed by atoms with Crippen molar-refractivity contribution >= 4 is 11.8 Å². The molecule has 0 bridgehead atoms. The molecule has 0 spiro atoms. The normalized spacial score (nSPS) is 14.3. The first kappa shape index (κ1) is 20.7. The van der Waals surface area contributed by atoms with Gasteiger partial charge in [0.1, 0.15) is 5.75 Å². The number of hydrogen-bond donors (Lipinski definition) is 1. The summed E-state index contributed by atoms with van der Waals surface area (Å²) in [4.78, 5) is 31.2. The fourth-order valence-corrected chi connectivity index (χ4v) is 3.74. The average molecular weight is 418 g/mol. The van der Waals surface area contributed by atoms with Crippen LogP contribution in [0.5, 0.6) is 5.75 Å². The third kappa shape index (κ3) is 4.94. The molecule has 0 saturated carbocycles. The number of imidazole rings is 1. The van der Waals surface area contributed by atoms with Gasteiger partial charge in [-0.25, -0.2) is 4.98 Å². The molecule has 7 nitrogen and oxygen atoms in total. The van der Waals surface area contributed by atoms with Gasteiger partial charge in [0.2, 0.25) is 0 Å².